The zero-order valence-corrected chi connectivity index (χ0v) is 34.0. The Morgan fingerprint density at radius 1 is 1.04 bits per heavy atom. The molecule has 1 unspecified atom stereocenters. The summed E-state index contributed by atoms with van der Waals surface area (Å²) in [5.74, 6) is -6.22. The lowest BCUT2D eigenvalue weighted by molar-refractivity contribution is -0.306. The number of cyclic esters (lactones) is 1. The maximum absolute atomic E-state index is 14.7. The molecular formula is C41H64FNO11. The van der Waals surface area contributed by atoms with E-state index in [2.05, 4.69) is 11.9 Å². The summed E-state index contributed by atoms with van der Waals surface area (Å²) in [6.45, 7) is 13.4. The van der Waals surface area contributed by atoms with Gasteiger partial charge in [-0.15, -0.1) is 0 Å². The van der Waals surface area contributed by atoms with Crippen molar-refractivity contribution in [1.82, 2.24) is 4.90 Å². The van der Waals surface area contributed by atoms with Gasteiger partial charge in [0.2, 0.25) is 0 Å². The first kappa shape index (κ1) is 44.2. The number of ketones is 1. The number of carbonyl (C=O) groups is 3. The Kier molecular flexibility index (Phi) is 14.9. The number of hydrogen-bond donors (Lipinski definition) is 2. The van der Waals surface area contributed by atoms with Crippen molar-refractivity contribution in [2.24, 2.45) is 23.7 Å². The molecule has 1 aromatic rings. The molecule has 2 N–H and O–H groups in total. The van der Waals surface area contributed by atoms with Gasteiger partial charge in [-0.2, -0.15) is 0 Å². The summed E-state index contributed by atoms with van der Waals surface area (Å²) in [6.07, 6.45) is -3.99. The van der Waals surface area contributed by atoms with Crippen LogP contribution in [0.4, 0.5) is 4.39 Å². The quantitative estimate of drug-likeness (QED) is 0.320. The zero-order chi connectivity index (χ0) is 40.3. The summed E-state index contributed by atoms with van der Waals surface area (Å²) < 4.78 is 52.5. The normalized spacial score (nSPS) is 40.2. The van der Waals surface area contributed by atoms with E-state index in [9.17, 15) is 29.0 Å². The van der Waals surface area contributed by atoms with Crippen molar-refractivity contribution in [1.29, 1.82) is 0 Å². The second-order valence-electron chi connectivity index (χ2n) is 16.5. The van der Waals surface area contributed by atoms with Gasteiger partial charge in [-0.1, -0.05) is 45.9 Å². The Bertz CT molecular complexity index is 1440. The van der Waals surface area contributed by atoms with Gasteiger partial charge in [0.15, 0.2) is 6.29 Å². The minimum atomic E-state index is -2.00. The molecule has 0 amide bonds. The number of ether oxygens (including phenoxy) is 6. The van der Waals surface area contributed by atoms with Crippen LogP contribution < -0.4 is 0 Å². The lowest BCUT2D eigenvalue weighted by Gasteiger charge is -2.49. The number of benzene rings is 1. The van der Waals surface area contributed by atoms with Crippen molar-refractivity contribution >= 4 is 17.7 Å². The van der Waals surface area contributed by atoms with Gasteiger partial charge in [0.05, 0.1) is 36.3 Å². The second kappa shape index (κ2) is 18.2. The van der Waals surface area contributed by atoms with Crippen LogP contribution in [0.25, 0.3) is 0 Å². The van der Waals surface area contributed by atoms with Gasteiger partial charge in [0.25, 0.3) is 0 Å². The summed E-state index contributed by atoms with van der Waals surface area (Å²) in [4.78, 5) is 44.1. The topological polar surface area (TPSA) is 150 Å². The molecule has 12 nitrogen and oxygen atoms in total. The molecular weight excluding hydrogens is 701 g/mol. The van der Waals surface area contributed by atoms with Gasteiger partial charge < -0.3 is 38.6 Å². The summed E-state index contributed by atoms with van der Waals surface area (Å²) >= 11 is 0. The van der Waals surface area contributed by atoms with E-state index < -0.39 is 95.9 Å². The number of hydrogen-bond acceptors (Lipinski definition) is 12. The van der Waals surface area contributed by atoms with E-state index in [4.69, 9.17) is 28.4 Å². The average Bonchev–Trinajstić information content (AvgIpc) is 3.99. The summed E-state index contributed by atoms with van der Waals surface area (Å²) in [5.41, 5.74) is -3.16. The molecule has 2 saturated heterocycles. The molecule has 306 valence electrons. The van der Waals surface area contributed by atoms with Crippen LogP contribution in [0.3, 0.4) is 0 Å². The van der Waals surface area contributed by atoms with E-state index in [1.165, 1.54) is 32.2 Å². The van der Waals surface area contributed by atoms with Gasteiger partial charge >= 0.3 is 11.9 Å². The summed E-state index contributed by atoms with van der Waals surface area (Å²) in [7, 11) is 5.19. The molecule has 2 aliphatic heterocycles. The molecule has 3 fully saturated rings. The maximum atomic E-state index is 14.7. The summed E-state index contributed by atoms with van der Waals surface area (Å²) in [6, 6.07) is 6.26. The van der Waals surface area contributed by atoms with Crippen molar-refractivity contribution in [3.8, 4) is 0 Å². The van der Waals surface area contributed by atoms with Crippen LogP contribution >= 0.6 is 0 Å². The SMILES string of the molecule is CC[C@H]1OC(=O)[C@H](C)[C@@H](OC(=O)Cc2ccccc2F)[C@H](C)[C@@H](OC2O[C@@H](C)C[C@@H](N(C)C3CC3)[C@@H]2OC)[C@](C)(OC)C[C@@H](C)C(=O)[C@@H](C)[C@@H](O)[C@]1(C)O. The van der Waals surface area contributed by atoms with Gasteiger partial charge in [-0.3, -0.25) is 19.3 Å². The lowest BCUT2D eigenvalue weighted by Crippen LogP contribution is -2.61. The van der Waals surface area contributed by atoms with Crippen LogP contribution in [0.1, 0.15) is 93.1 Å². The first-order chi connectivity index (χ1) is 25.3. The predicted molar refractivity (Wildman–Crippen MR) is 198 cm³/mol. The number of esters is 2. The largest absolute Gasteiger partial charge is 0.461 e. The molecule has 1 aliphatic carbocycles. The molecule has 3 aliphatic rings. The van der Waals surface area contributed by atoms with E-state index in [0.717, 1.165) is 12.8 Å². The third-order valence-corrected chi connectivity index (χ3v) is 12.3. The highest BCUT2D eigenvalue weighted by molar-refractivity contribution is 5.83. The fourth-order valence-electron chi connectivity index (χ4n) is 8.66. The maximum Gasteiger partial charge on any atom is 0.312 e. The monoisotopic (exact) mass is 765 g/mol. The number of aliphatic hydroxyl groups is 2. The molecule has 0 bridgehead atoms. The van der Waals surface area contributed by atoms with E-state index in [1.807, 2.05) is 6.92 Å². The Labute approximate surface area is 320 Å². The summed E-state index contributed by atoms with van der Waals surface area (Å²) in [5, 5.41) is 23.0. The Morgan fingerprint density at radius 3 is 2.26 bits per heavy atom. The van der Waals surface area contributed by atoms with Crippen molar-refractivity contribution in [3.05, 3.63) is 35.6 Å². The highest BCUT2D eigenvalue weighted by Crippen LogP contribution is 2.41. The van der Waals surface area contributed by atoms with Gasteiger partial charge in [0, 0.05) is 44.1 Å². The van der Waals surface area contributed by atoms with Crippen LogP contribution in [0.15, 0.2) is 24.3 Å². The average molecular weight is 766 g/mol. The fraction of sp³-hybridized carbons (Fsp3) is 0.780. The van der Waals surface area contributed by atoms with E-state index in [0.29, 0.717) is 12.5 Å². The molecule has 13 heteroatoms. The Balaban J connectivity index is 1.84. The van der Waals surface area contributed by atoms with Crippen LogP contribution in [0.5, 0.6) is 0 Å². The second-order valence-corrected chi connectivity index (χ2v) is 16.5. The molecule has 14 atom stereocenters. The van der Waals surface area contributed by atoms with Crippen LogP contribution in [-0.2, 0) is 49.2 Å². The van der Waals surface area contributed by atoms with Gasteiger partial charge in [0.1, 0.15) is 35.5 Å². The van der Waals surface area contributed by atoms with Crippen LogP contribution in [-0.4, -0.2) is 120 Å². The standard InChI is InChI=1S/C41H64FNO11/c1-12-31-41(8,48)36(46)24(4)33(45)22(2)21-40(7,50-11)37(54-39-35(49-10)30(19-23(3)51-39)43(9)28-17-18-28)25(5)34(26(6)38(47)52-31)53-32(44)20-27-15-13-14-16-29(27)42/h13-16,22-26,28,30-31,34-37,39,46,48H,12,17-21H2,1-11H3/t22-,23+,24-,25+,26-,30-,31-,34+,35+,36-,37-,39?,40-,41-/m1/s1. The number of likely N-dealkylation sites (N-methyl/N-ethyl adjacent to an activating group) is 1. The molecule has 1 saturated carbocycles. The first-order valence-corrected chi connectivity index (χ1v) is 19.5. The number of Topliss-reactive ketones (excluding diaryl/α,β-unsaturated/α-hetero) is 1. The smallest absolute Gasteiger partial charge is 0.312 e. The predicted octanol–water partition coefficient (Wildman–Crippen LogP) is 4.63. The minimum absolute atomic E-state index is 0.0382. The third kappa shape index (κ3) is 9.70. The van der Waals surface area contributed by atoms with Crippen molar-refractivity contribution < 1.29 is 57.4 Å². The first-order valence-electron chi connectivity index (χ1n) is 19.5. The van der Waals surface area contributed by atoms with E-state index in [-0.39, 0.29) is 36.3 Å². The van der Waals surface area contributed by atoms with E-state index >= 15 is 0 Å². The molecule has 0 aromatic heterocycles. The van der Waals surface area contributed by atoms with Crippen LogP contribution in [0.2, 0.25) is 0 Å². The highest BCUT2D eigenvalue weighted by Gasteiger charge is 2.53. The number of carbonyl (C=O) groups excluding carboxylic acids is 3. The zero-order valence-electron chi connectivity index (χ0n) is 34.0. The lowest BCUT2D eigenvalue weighted by atomic mass is 9.74. The number of halogens is 1. The van der Waals surface area contributed by atoms with Gasteiger partial charge in [-0.25, -0.2) is 4.39 Å². The highest BCUT2D eigenvalue weighted by atomic mass is 19.1. The minimum Gasteiger partial charge on any atom is -0.461 e. The number of nitrogens with zero attached hydrogens (tertiary/aromatic N) is 1. The molecule has 4 rings (SSSR count). The Hall–Kier alpha value is -2.52. The third-order valence-electron chi connectivity index (χ3n) is 12.3. The van der Waals surface area contributed by atoms with Crippen molar-refractivity contribution in [2.75, 3.05) is 21.3 Å². The van der Waals surface area contributed by atoms with E-state index in [1.54, 1.807) is 54.7 Å². The molecule has 2 heterocycles. The Morgan fingerprint density at radius 2 is 1.69 bits per heavy atom. The van der Waals surface area contributed by atoms with Gasteiger partial charge in [-0.05, 0) is 78.5 Å². The number of aliphatic hydroxyl groups excluding tert-OH is 1. The molecule has 0 radical (unpaired) electrons. The molecule has 0 spiro atoms. The van der Waals surface area contributed by atoms with Crippen molar-refractivity contribution in [2.45, 2.75) is 160 Å². The van der Waals surface area contributed by atoms with Crippen LogP contribution in [0, 0.1) is 29.5 Å². The molecule has 54 heavy (non-hydrogen) atoms. The van der Waals surface area contributed by atoms with Crippen molar-refractivity contribution in [3.63, 3.8) is 0 Å². The fourth-order valence-corrected chi connectivity index (χ4v) is 8.66. The number of methoxy groups -OCH3 is 2. The number of rotatable bonds is 10. The molecule has 1 aromatic carbocycles.